The highest BCUT2D eigenvalue weighted by atomic mass is 16.4. The van der Waals surface area contributed by atoms with Gasteiger partial charge in [-0.15, -0.1) is 0 Å². The molecule has 0 saturated heterocycles. The molecule has 1 rings (SSSR count). The lowest BCUT2D eigenvalue weighted by Gasteiger charge is -2.23. The lowest BCUT2D eigenvalue weighted by atomic mass is 9.79. The first-order chi connectivity index (χ1) is 8.82. The third kappa shape index (κ3) is 3.91. The van der Waals surface area contributed by atoms with Crippen LogP contribution in [0.25, 0.3) is 0 Å². The molecule has 5 nitrogen and oxygen atoms in total. The fourth-order valence-corrected chi connectivity index (χ4v) is 2.23. The van der Waals surface area contributed by atoms with Gasteiger partial charge in [-0.2, -0.15) is 0 Å². The maximum absolute atomic E-state index is 11.7. The number of nitrogens with one attached hydrogen (secondary N) is 1. The van der Waals surface area contributed by atoms with Crippen LogP contribution in [0.2, 0.25) is 0 Å². The number of ketones is 1. The van der Waals surface area contributed by atoms with E-state index in [1.54, 1.807) is 12.1 Å². The van der Waals surface area contributed by atoms with Crippen LogP contribution in [0, 0.1) is 11.3 Å². The molecule has 0 amide bonds. The zero-order valence-corrected chi connectivity index (χ0v) is 10.9. The van der Waals surface area contributed by atoms with Crippen molar-refractivity contribution in [2.45, 2.75) is 26.2 Å². The van der Waals surface area contributed by atoms with Gasteiger partial charge in [0, 0.05) is 11.6 Å². The second-order valence-corrected chi connectivity index (χ2v) is 4.57. The van der Waals surface area contributed by atoms with E-state index in [1.807, 2.05) is 0 Å². The summed E-state index contributed by atoms with van der Waals surface area (Å²) in [5, 5.41) is 25.9. The number of Topliss-reactive ketones (excluding diaryl/α,β-unsaturated/α-hetero) is 1. The van der Waals surface area contributed by atoms with Crippen molar-refractivity contribution in [2.24, 2.45) is 5.92 Å². The van der Waals surface area contributed by atoms with Gasteiger partial charge in [-0.1, -0.05) is 12.1 Å². The summed E-state index contributed by atoms with van der Waals surface area (Å²) in [6.45, 7) is 2.86. The molecule has 102 valence electrons. The third-order valence-electron chi connectivity index (χ3n) is 3.02. The van der Waals surface area contributed by atoms with E-state index in [4.69, 9.17) is 10.5 Å². The molecule has 0 aliphatic carbocycles. The lowest BCUT2D eigenvalue weighted by Crippen LogP contribution is -2.28. The van der Waals surface area contributed by atoms with Crippen LogP contribution in [-0.2, 0) is 9.59 Å². The summed E-state index contributed by atoms with van der Waals surface area (Å²) < 4.78 is 0. The number of carbonyl (C=O) groups excluding carboxylic acids is 1. The van der Waals surface area contributed by atoms with Crippen molar-refractivity contribution in [3.05, 3.63) is 29.8 Å². The van der Waals surface area contributed by atoms with Crippen LogP contribution >= 0.6 is 0 Å². The van der Waals surface area contributed by atoms with E-state index in [-0.39, 0.29) is 23.7 Å². The van der Waals surface area contributed by atoms with Crippen LogP contribution in [0.4, 0.5) is 0 Å². The highest BCUT2D eigenvalue weighted by Gasteiger charge is 2.30. The van der Waals surface area contributed by atoms with Crippen molar-refractivity contribution >= 4 is 17.5 Å². The minimum absolute atomic E-state index is 0.0729. The monoisotopic (exact) mass is 263 g/mol. The van der Waals surface area contributed by atoms with Crippen molar-refractivity contribution in [3.8, 4) is 5.75 Å². The number of carbonyl (C=O) groups is 2. The highest BCUT2D eigenvalue weighted by molar-refractivity contribution is 6.02. The normalized spacial score (nSPS) is 13.6. The zero-order chi connectivity index (χ0) is 14.6. The van der Waals surface area contributed by atoms with Crippen molar-refractivity contribution in [1.82, 2.24) is 0 Å². The summed E-state index contributed by atoms with van der Waals surface area (Å²) in [6.07, 6.45) is -0.231. The quantitative estimate of drug-likeness (QED) is 0.685. The third-order valence-corrected chi connectivity index (χ3v) is 3.02. The van der Waals surface area contributed by atoms with E-state index < -0.39 is 17.8 Å². The Bertz CT molecular complexity index is 479. The average Bonchev–Trinajstić information content (AvgIpc) is 2.27. The maximum Gasteiger partial charge on any atom is 0.304 e. The molecule has 5 heteroatoms. The Morgan fingerprint density at radius 3 is 2.11 bits per heavy atom. The Morgan fingerprint density at radius 2 is 1.74 bits per heavy atom. The number of rotatable bonds is 6. The number of carboxylic acids is 1. The molecule has 0 radical (unpaired) electrons. The molecule has 0 heterocycles. The fraction of sp³-hybridized carbons (Fsp3) is 0.357. The minimum atomic E-state index is -1.02. The summed E-state index contributed by atoms with van der Waals surface area (Å²) >= 11 is 0. The molecule has 0 spiro atoms. The molecule has 1 aromatic rings. The number of carboxylic acid groups (broad SMARTS) is 1. The number of benzene rings is 1. The summed E-state index contributed by atoms with van der Waals surface area (Å²) in [7, 11) is 0. The van der Waals surface area contributed by atoms with Gasteiger partial charge in [0.2, 0.25) is 0 Å². The fourth-order valence-electron chi connectivity index (χ4n) is 2.23. The van der Waals surface area contributed by atoms with Crippen LogP contribution < -0.4 is 0 Å². The minimum Gasteiger partial charge on any atom is -0.508 e. The Hall–Kier alpha value is -2.17. The van der Waals surface area contributed by atoms with E-state index in [1.165, 1.54) is 26.0 Å². The largest absolute Gasteiger partial charge is 0.508 e. The smallest absolute Gasteiger partial charge is 0.304 e. The van der Waals surface area contributed by atoms with Gasteiger partial charge < -0.3 is 15.6 Å². The number of aromatic hydroxyl groups is 1. The molecule has 2 atom stereocenters. The molecular weight excluding hydrogens is 246 g/mol. The van der Waals surface area contributed by atoms with Crippen LogP contribution in [0.3, 0.4) is 0 Å². The molecule has 0 saturated carbocycles. The number of phenolic OH excluding ortho intramolecular Hbond substituents is 1. The van der Waals surface area contributed by atoms with E-state index in [9.17, 15) is 14.7 Å². The first-order valence-electron chi connectivity index (χ1n) is 5.89. The predicted octanol–water partition coefficient (Wildman–Crippen LogP) is 2.20. The SMILES string of the molecule is CC(=N)C(C(C)=O)C(CC(=O)O)c1ccc(O)cc1. The van der Waals surface area contributed by atoms with Gasteiger partial charge >= 0.3 is 5.97 Å². The number of hydrogen-bond donors (Lipinski definition) is 3. The van der Waals surface area contributed by atoms with Crippen molar-refractivity contribution in [1.29, 1.82) is 5.41 Å². The predicted molar refractivity (Wildman–Crippen MR) is 70.7 cm³/mol. The molecule has 0 aliphatic rings. The second-order valence-electron chi connectivity index (χ2n) is 4.57. The van der Waals surface area contributed by atoms with Crippen LogP contribution in [-0.4, -0.2) is 27.7 Å². The Kier molecular flexibility index (Phi) is 4.80. The van der Waals surface area contributed by atoms with Gasteiger partial charge in [0.1, 0.15) is 11.5 Å². The second kappa shape index (κ2) is 6.13. The Labute approximate surface area is 111 Å². The molecular formula is C14H17NO4. The maximum atomic E-state index is 11.7. The number of hydrogen-bond acceptors (Lipinski definition) is 4. The van der Waals surface area contributed by atoms with E-state index in [0.717, 1.165) is 0 Å². The molecule has 19 heavy (non-hydrogen) atoms. The standard InChI is InChI=1S/C14H17NO4/c1-8(15)14(9(2)16)12(7-13(18)19)10-3-5-11(17)6-4-10/h3-6,12,14-15,17H,7H2,1-2H3,(H,18,19). The van der Waals surface area contributed by atoms with Crippen molar-refractivity contribution < 1.29 is 19.8 Å². The molecule has 0 bridgehead atoms. The van der Waals surface area contributed by atoms with Crippen LogP contribution in [0.5, 0.6) is 5.75 Å². The first-order valence-corrected chi connectivity index (χ1v) is 5.89. The molecule has 0 aromatic heterocycles. The molecule has 2 unspecified atom stereocenters. The van der Waals surface area contributed by atoms with Crippen molar-refractivity contribution in [2.75, 3.05) is 0 Å². The van der Waals surface area contributed by atoms with Crippen LogP contribution in [0.15, 0.2) is 24.3 Å². The Balaban J connectivity index is 3.19. The number of phenols is 1. The van der Waals surface area contributed by atoms with Gasteiger partial charge in [-0.25, -0.2) is 0 Å². The van der Waals surface area contributed by atoms with Crippen molar-refractivity contribution in [3.63, 3.8) is 0 Å². The summed E-state index contributed by atoms with van der Waals surface area (Å²) in [5.74, 6) is -2.52. The molecule has 0 fully saturated rings. The summed E-state index contributed by atoms with van der Waals surface area (Å²) in [5.41, 5.74) is 0.777. The summed E-state index contributed by atoms with van der Waals surface area (Å²) in [4.78, 5) is 22.6. The zero-order valence-electron chi connectivity index (χ0n) is 10.9. The summed E-state index contributed by atoms with van der Waals surface area (Å²) in [6, 6.07) is 6.06. The van der Waals surface area contributed by atoms with E-state index in [0.29, 0.717) is 5.56 Å². The van der Waals surface area contributed by atoms with Gasteiger partial charge in [0.15, 0.2) is 0 Å². The Morgan fingerprint density at radius 1 is 1.21 bits per heavy atom. The average molecular weight is 263 g/mol. The topological polar surface area (TPSA) is 98.5 Å². The van der Waals surface area contributed by atoms with Gasteiger partial charge in [-0.3, -0.25) is 9.59 Å². The van der Waals surface area contributed by atoms with E-state index >= 15 is 0 Å². The van der Waals surface area contributed by atoms with Gasteiger partial charge in [0.25, 0.3) is 0 Å². The molecule has 0 aliphatic heterocycles. The van der Waals surface area contributed by atoms with Gasteiger partial charge in [-0.05, 0) is 31.5 Å². The van der Waals surface area contributed by atoms with Crippen LogP contribution in [0.1, 0.15) is 31.7 Å². The first kappa shape index (κ1) is 14.9. The van der Waals surface area contributed by atoms with Gasteiger partial charge in [0.05, 0.1) is 12.3 Å². The molecule has 3 N–H and O–H groups in total. The lowest BCUT2D eigenvalue weighted by molar-refractivity contribution is -0.137. The van der Waals surface area contributed by atoms with E-state index in [2.05, 4.69) is 0 Å². The highest BCUT2D eigenvalue weighted by Crippen LogP contribution is 2.31. The molecule has 1 aromatic carbocycles. The number of aliphatic carboxylic acids is 1.